The van der Waals surface area contributed by atoms with Gasteiger partial charge in [-0.1, -0.05) is 18.6 Å². The molecular formula is C21H28O6. The van der Waals surface area contributed by atoms with Crippen LogP contribution in [0.25, 0.3) is 0 Å². The zero-order valence-electron chi connectivity index (χ0n) is 16.2. The lowest BCUT2D eigenvalue weighted by molar-refractivity contribution is -0.163. The molecule has 27 heavy (non-hydrogen) atoms. The summed E-state index contributed by atoms with van der Waals surface area (Å²) in [5, 5.41) is 0. The first-order valence-corrected chi connectivity index (χ1v) is 9.53. The number of methoxy groups -OCH3 is 1. The maximum Gasteiger partial charge on any atom is 0.320 e. The van der Waals surface area contributed by atoms with Crippen LogP contribution in [0, 0.1) is 11.8 Å². The molecule has 0 aliphatic heterocycles. The van der Waals surface area contributed by atoms with E-state index >= 15 is 0 Å². The van der Waals surface area contributed by atoms with Crippen molar-refractivity contribution in [1.29, 1.82) is 0 Å². The van der Waals surface area contributed by atoms with Crippen molar-refractivity contribution in [3.05, 3.63) is 29.8 Å². The van der Waals surface area contributed by atoms with Gasteiger partial charge in [0.15, 0.2) is 5.92 Å². The molecule has 0 bridgehead atoms. The summed E-state index contributed by atoms with van der Waals surface area (Å²) in [6.45, 7) is 3.69. The molecule has 0 radical (unpaired) electrons. The third-order valence-corrected chi connectivity index (χ3v) is 4.98. The van der Waals surface area contributed by atoms with Crippen molar-refractivity contribution in [2.45, 2.75) is 45.4 Å². The summed E-state index contributed by atoms with van der Waals surface area (Å²) >= 11 is 0. The molecule has 0 aromatic heterocycles. The van der Waals surface area contributed by atoms with Gasteiger partial charge in [-0.15, -0.1) is 0 Å². The van der Waals surface area contributed by atoms with Gasteiger partial charge in [0.05, 0.1) is 20.3 Å². The van der Waals surface area contributed by atoms with Crippen LogP contribution in [0.2, 0.25) is 0 Å². The highest BCUT2D eigenvalue weighted by Crippen LogP contribution is 2.40. The van der Waals surface area contributed by atoms with Crippen LogP contribution in [0.3, 0.4) is 0 Å². The summed E-state index contributed by atoms with van der Waals surface area (Å²) in [6, 6.07) is 7.14. The van der Waals surface area contributed by atoms with Crippen LogP contribution in [0.4, 0.5) is 0 Å². The van der Waals surface area contributed by atoms with E-state index in [0.29, 0.717) is 18.6 Å². The summed E-state index contributed by atoms with van der Waals surface area (Å²) in [4.78, 5) is 38.0. The van der Waals surface area contributed by atoms with E-state index in [1.165, 1.54) is 0 Å². The van der Waals surface area contributed by atoms with Crippen LogP contribution in [-0.4, -0.2) is 38.0 Å². The molecule has 0 amide bonds. The monoisotopic (exact) mass is 376 g/mol. The molecule has 6 heteroatoms. The lowest BCUT2D eigenvalue weighted by Gasteiger charge is -2.33. The molecule has 0 saturated heterocycles. The molecule has 148 valence electrons. The Morgan fingerprint density at radius 1 is 1.04 bits per heavy atom. The van der Waals surface area contributed by atoms with Gasteiger partial charge in [-0.2, -0.15) is 0 Å². The molecule has 1 saturated carbocycles. The molecule has 1 aromatic rings. The van der Waals surface area contributed by atoms with E-state index < -0.39 is 29.7 Å². The topological polar surface area (TPSA) is 78.9 Å². The van der Waals surface area contributed by atoms with Crippen LogP contribution in [-0.2, 0) is 23.9 Å². The van der Waals surface area contributed by atoms with Crippen molar-refractivity contribution in [2.24, 2.45) is 11.8 Å². The van der Waals surface area contributed by atoms with Crippen LogP contribution < -0.4 is 4.74 Å². The minimum absolute atomic E-state index is 0.0839. The lowest BCUT2D eigenvalue weighted by Crippen LogP contribution is -2.39. The van der Waals surface area contributed by atoms with Crippen LogP contribution in [0.15, 0.2) is 24.3 Å². The number of ether oxygens (including phenoxy) is 3. The van der Waals surface area contributed by atoms with Gasteiger partial charge in [-0.05, 0) is 44.4 Å². The Morgan fingerprint density at radius 3 is 2.11 bits per heavy atom. The van der Waals surface area contributed by atoms with E-state index in [2.05, 4.69) is 0 Å². The summed E-state index contributed by atoms with van der Waals surface area (Å²) < 4.78 is 15.5. The Labute approximate surface area is 160 Å². The van der Waals surface area contributed by atoms with E-state index in [0.717, 1.165) is 18.4 Å². The molecule has 0 unspecified atom stereocenters. The zero-order valence-corrected chi connectivity index (χ0v) is 16.2. The van der Waals surface area contributed by atoms with Gasteiger partial charge in [0, 0.05) is 18.3 Å². The number of hydrogen-bond acceptors (Lipinski definition) is 6. The first-order valence-electron chi connectivity index (χ1n) is 9.53. The second-order valence-electron chi connectivity index (χ2n) is 6.60. The van der Waals surface area contributed by atoms with Gasteiger partial charge in [0.2, 0.25) is 0 Å². The van der Waals surface area contributed by atoms with Crippen molar-refractivity contribution in [1.82, 2.24) is 0 Å². The molecule has 0 N–H and O–H groups in total. The molecule has 0 spiro atoms. The highest BCUT2D eigenvalue weighted by Gasteiger charge is 2.45. The Bertz CT molecular complexity index is 633. The first kappa shape index (κ1) is 20.9. The molecule has 6 nitrogen and oxygen atoms in total. The van der Waals surface area contributed by atoms with Crippen LogP contribution in [0.1, 0.15) is 51.0 Å². The van der Waals surface area contributed by atoms with Crippen molar-refractivity contribution >= 4 is 17.7 Å². The molecule has 0 heterocycles. The number of Topliss-reactive ketones (excluding diaryl/α,β-unsaturated/α-hetero) is 1. The summed E-state index contributed by atoms with van der Waals surface area (Å²) in [5.74, 6) is -2.72. The normalized spacial score (nSPS) is 18.1. The average Bonchev–Trinajstić information content (AvgIpc) is 2.67. The number of esters is 2. The Balaban J connectivity index is 2.49. The lowest BCUT2D eigenvalue weighted by atomic mass is 9.70. The fourth-order valence-corrected chi connectivity index (χ4v) is 3.73. The molecular weight excluding hydrogens is 348 g/mol. The standard InChI is InChI=1S/C21H28O6/c1-4-26-20(23)19(21(24)27-5-2)18(16-8-6-7-9-17(16)22)14-10-12-15(25-3)13-11-14/h10-13,16,18-19H,4-9H2,1-3H3/t16-,18+/m1/s1. The van der Waals surface area contributed by atoms with Crippen LogP contribution >= 0.6 is 0 Å². The van der Waals surface area contributed by atoms with Gasteiger partial charge in [-0.25, -0.2) is 0 Å². The minimum Gasteiger partial charge on any atom is -0.497 e. The number of benzene rings is 1. The third-order valence-electron chi connectivity index (χ3n) is 4.98. The fraction of sp³-hybridized carbons (Fsp3) is 0.571. The Morgan fingerprint density at radius 2 is 1.63 bits per heavy atom. The van der Waals surface area contributed by atoms with E-state index in [9.17, 15) is 14.4 Å². The van der Waals surface area contributed by atoms with Gasteiger partial charge < -0.3 is 14.2 Å². The summed E-state index contributed by atoms with van der Waals surface area (Å²) in [5.41, 5.74) is 0.738. The van der Waals surface area contributed by atoms with E-state index in [4.69, 9.17) is 14.2 Å². The molecule has 2 rings (SSSR count). The number of ketones is 1. The Hall–Kier alpha value is -2.37. The fourth-order valence-electron chi connectivity index (χ4n) is 3.73. The van der Waals surface area contributed by atoms with E-state index in [1.807, 2.05) is 0 Å². The van der Waals surface area contributed by atoms with Crippen molar-refractivity contribution in [3.8, 4) is 5.75 Å². The third kappa shape index (κ3) is 5.08. The van der Waals surface area contributed by atoms with Crippen LogP contribution in [0.5, 0.6) is 5.75 Å². The zero-order chi connectivity index (χ0) is 19.8. The van der Waals surface area contributed by atoms with Crippen molar-refractivity contribution in [2.75, 3.05) is 20.3 Å². The minimum atomic E-state index is -1.16. The number of carbonyl (C=O) groups excluding carboxylic acids is 3. The quantitative estimate of drug-likeness (QED) is 0.512. The van der Waals surface area contributed by atoms with Gasteiger partial charge in [0.1, 0.15) is 11.5 Å². The van der Waals surface area contributed by atoms with Crippen molar-refractivity contribution in [3.63, 3.8) is 0 Å². The summed E-state index contributed by atoms with van der Waals surface area (Å²) in [7, 11) is 1.57. The smallest absolute Gasteiger partial charge is 0.320 e. The Kier molecular flexibility index (Phi) is 7.82. The molecule has 1 aliphatic carbocycles. The van der Waals surface area contributed by atoms with Gasteiger partial charge in [-0.3, -0.25) is 14.4 Å². The molecule has 1 aliphatic rings. The molecule has 1 aromatic carbocycles. The molecule has 2 atom stereocenters. The largest absolute Gasteiger partial charge is 0.497 e. The number of rotatable bonds is 8. The number of carbonyl (C=O) groups is 3. The number of hydrogen-bond donors (Lipinski definition) is 0. The predicted octanol–water partition coefficient (Wildman–Crippen LogP) is 3.28. The van der Waals surface area contributed by atoms with Gasteiger partial charge in [0.25, 0.3) is 0 Å². The van der Waals surface area contributed by atoms with Gasteiger partial charge >= 0.3 is 11.9 Å². The maximum absolute atomic E-state index is 12.7. The summed E-state index contributed by atoms with van der Waals surface area (Å²) in [6.07, 6.45) is 2.84. The second-order valence-corrected chi connectivity index (χ2v) is 6.60. The van der Waals surface area contributed by atoms with E-state index in [-0.39, 0.29) is 19.0 Å². The second kappa shape index (κ2) is 10.1. The van der Waals surface area contributed by atoms with Crippen molar-refractivity contribution < 1.29 is 28.6 Å². The maximum atomic E-state index is 12.7. The SMILES string of the molecule is CCOC(=O)C(C(=O)OCC)[C@@H](c1ccc(OC)cc1)[C@@H]1CCCCC1=O. The average molecular weight is 376 g/mol. The first-order chi connectivity index (χ1) is 13.0. The van der Waals surface area contributed by atoms with E-state index in [1.54, 1.807) is 45.2 Å². The predicted molar refractivity (Wildman–Crippen MR) is 99.5 cm³/mol. The molecule has 1 fully saturated rings. The highest BCUT2D eigenvalue weighted by atomic mass is 16.6. The highest BCUT2D eigenvalue weighted by molar-refractivity contribution is 5.97.